The predicted octanol–water partition coefficient (Wildman–Crippen LogP) is 4.89. The Kier molecular flexibility index (Phi) is 6.10. The summed E-state index contributed by atoms with van der Waals surface area (Å²) in [5.74, 6) is -1.29. The van der Waals surface area contributed by atoms with E-state index in [9.17, 15) is 13.6 Å². The topological polar surface area (TPSA) is 84.3 Å². The summed E-state index contributed by atoms with van der Waals surface area (Å²) < 4.78 is 36.7. The highest BCUT2D eigenvalue weighted by molar-refractivity contribution is 8.00. The maximum Gasteiger partial charge on any atom is 0.301 e. The molecule has 1 saturated heterocycles. The number of hydrogen-bond acceptors (Lipinski definition) is 8. The molecule has 2 aromatic heterocycles. The van der Waals surface area contributed by atoms with Crippen LogP contribution in [0.2, 0.25) is 5.02 Å². The number of alkyl halides is 2. The van der Waals surface area contributed by atoms with Gasteiger partial charge in [0.2, 0.25) is 11.7 Å². The maximum atomic E-state index is 14.9. The second kappa shape index (κ2) is 9.20. The number of thioether (sulfide) groups is 1. The van der Waals surface area contributed by atoms with Crippen LogP contribution in [0.4, 0.5) is 31.9 Å². The lowest BCUT2D eigenvalue weighted by atomic mass is 10.0. The summed E-state index contributed by atoms with van der Waals surface area (Å²) >= 11 is 8.36. The molecule has 8 nitrogen and oxygen atoms in total. The number of fused-ring (bicyclic) bond motifs is 3. The highest BCUT2D eigenvalue weighted by Gasteiger charge is 2.51. The number of rotatable bonds is 4. The van der Waals surface area contributed by atoms with E-state index in [1.54, 1.807) is 31.4 Å². The number of ether oxygens (including phenoxy) is 1. The lowest BCUT2D eigenvalue weighted by molar-refractivity contribution is -0.0579. The Bertz CT molecular complexity index is 1430. The molecule has 1 aromatic carbocycles. The molecule has 1 unspecified atom stereocenters. The second-order valence-corrected chi connectivity index (χ2v) is 11.9. The Morgan fingerprint density at radius 3 is 2.89 bits per heavy atom. The predicted molar refractivity (Wildman–Crippen MR) is 144 cm³/mol. The Morgan fingerprint density at radius 2 is 2.14 bits per heavy atom. The van der Waals surface area contributed by atoms with Gasteiger partial charge in [-0.05, 0) is 37.0 Å². The average molecular weight is 549 g/mol. The number of nitrogens with one attached hydrogen (secondary N) is 2. The fraction of sp³-hybridized carbons (Fsp3) is 0.480. The lowest BCUT2D eigenvalue weighted by Crippen LogP contribution is -2.44. The van der Waals surface area contributed by atoms with Gasteiger partial charge in [0.15, 0.2) is 12.4 Å². The Morgan fingerprint density at radius 1 is 1.32 bits per heavy atom. The molecule has 2 atom stereocenters. The van der Waals surface area contributed by atoms with Gasteiger partial charge in [-0.25, -0.2) is 13.8 Å². The van der Waals surface area contributed by atoms with Crippen molar-refractivity contribution in [2.45, 2.75) is 37.0 Å². The quantitative estimate of drug-likeness (QED) is 0.477. The second-order valence-electron chi connectivity index (χ2n) is 9.93. The molecule has 2 aliphatic heterocycles. The van der Waals surface area contributed by atoms with Crippen LogP contribution >= 0.6 is 23.4 Å². The van der Waals surface area contributed by atoms with E-state index in [0.29, 0.717) is 44.3 Å². The molecular formula is C25H27ClF2N6O2S. The molecule has 1 aliphatic carbocycles. The molecule has 3 aliphatic rings. The van der Waals surface area contributed by atoms with Gasteiger partial charge in [-0.15, -0.1) is 0 Å². The summed E-state index contributed by atoms with van der Waals surface area (Å²) in [6.07, 6.45) is 3.02. The fourth-order valence-corrected chi connectivity index (χ4v) is 6.17. The van der Waals surface area contributed by atoms with Crippen LogP contribution in [0.3, 0.4) is 0 Å². The van der Waals surface area contributed by atoms with Crippen LogP contribution in [-0.2, 0) is 7.05 Å². The van der Waals surface area contributed by atoms with Gasteiger partial charge >= 0.3 is 5.92 Å². The van der Waals surface area contributed by atoms with Crippen molar-refractivity contribution in [1.82, 2.24) is 14.5 Å². The first kappa shape index (κ1) is 24.5. The van der Waals surface area contributed by atoms with Gasteiger partial charge in [0.05, 0.1) is 23.4 Å². The molecule has 0 radical (unpaired) electrons. The minimum atomic E-state index is -3.09. The number of benzene rings is 1. The molecule has 6 rings (SSSR count). The summed E-state index contributed by atoms with van der Waals surface area (Å²) in [6, 6.07) is 4.28. The summed E-state index contributed by atoms with van der Waals surface area (Å²) in [6.45, 7) is 3.05. The SMILES string of the molecule is CC1CN(c2ncc(Cl)c(Nc3ccc4c(c3)c3c(c(=O)n4C)OCC(F)(F)[C@H](C4CC4)N3)n2)CCS1. The van der Waals surface area contributed by atoms with Crippen molar-refractivity contribution < 1.29 is 13.5 Å². The van der Waals surface area contributed by atoms with Crippen LogP contribution in [0.5, 0.6) is 5.75 Å². The maximum absolute atomic E-state index is 14.9. The summed E-state index contributed by atoms with van der Waals surface area (Å²) in [5.41, 5.74) is 1.08. The third-order valence-electron chi connectivity index (χ3n) is 7.13. The van der Waals surface area contributed by atoms with E-state index in [4.69, 9.17) is 16.3 Å². The molecule has 0 amide bonds. The largest absolute Gasteiger partial charge is 0.480 e. The first-order valence-corrected chi connectivity index (χ1v) is 13.7. The van der Waals surface area contributed by atoms with E-state index in [0.717, 1.165) is 31.7 Å². The Balaban J connectivity index is 1.39. The Labute approximate surface area is 221 Å². The molecule has 4 heterocycles. The Hall–Kier alpha value is -2.79. The van der Waals surface area contributed by atoms with Gasteiger partial charge in [0, 0.05) is 42.2 Å². The molecule has 1 saturated carbocycles. The zero-order valence-corrected chi connectivity index (χ0v) is 22.0. The van der Waals surface area contributed by atoms with Gasteiger partial charge in [-0.2, -0.15) is 16.7 Å². The molecule has 3 aromatic rings. The van der Waals surface area contributed by atoms with Crippen LogP contribution in [0, 0.1) is 5.92 Å². The number of pyridine rings is 1. The minimum Gasteiger partial charge on any atom is -0.480 e. The van der Waals surface area contributed by atoms with E-state index >= 15 is 0 Å². The third kappa shape index (κ3) is 4.56. The molecule has 12 heteroatoms. The van der Waals surface area contributed by atoms with Gasteiger partial charge in [-0.1, -0.05) is 18.5 Å². The molecule has 0 spiro atoms. The molecule has 2 N–H and O–H groups in total. The molecular weight excluding hydrogens is 522 g/mol. The van der Waals surface area contributed by atoms with E-state index < -0.39 is 24.1 Å². The van der Waals surface area contributed by atoms with Gasteiger partial charge in [0.25, 0.3) is 5.56 Å². The third-order valence-corrected chi connectivity index (χ3v) is 8.54. The zero-order valence-electron chi connectivity index (χ0n) is 20.4. The van der Waals surface area contributed by atoms with Crippen LogP contribution < -0.4 is 25.8 Å². The summed E-state index contributed by atoms with van der Waals surface area (Å²) in [4.78, 5) is 24.2. The van der Waals surface area contributed by atoms with Crippen LogP contribution in [0.25, 0.3) is 10.9 Å². The standard InChI is InChI=1S/C25H27ClF2N6O2S/c1-13-11-34(7-8-37-13)24-29-10-17(26)22(32-24)30-15-5-6-18-16(9-15)19-20(23(35)33(18)2)36-12-25(27,28)21(31-19)14-3-4-14/h5-6,9-10,13-14,21,31H,3-4,7-8,11-12H2,1-2H3,(H,29,30,32)/t13?,21-/m0/s1. The highest BCUT2D eigenvalue weighted by Crippen LogP contribution is 2.45. The summed E-state index contributed by atoms with van der Waals surface area (Å²) in [5, 5.41) is 7.69. The molecule has 37 heavy (non-hydrogen) atoms. The normalized spacial score (nSPS) is 23.1. The number of halogens is 3. The number of aromatic nitrogens is 3. The number of aryl methyl sites for hydroxylation is 1. The van der Waals surface area contributed by atoms with Crippen LogP contribution in [-0.4, -0.2) is 57.2 Å². The minimum absolute atomic E-state index is 0.0885. The molecule has 2 fully saturated rings. The monoisotopic (exact) mass is 548 g/mol. The molecule has 196 valence electrons. The van der Waals surface area contributed by atoms with Crippen LogP contribution in [0.15, 0.2) is 29.2 Å². The first-order chi connectivity index (χ1) is 17.7. The van der Waals surface area contributed by atoms with Gasteiger partial charge < -0.3 is 24.8 Å². The van der Waals surface area contributed by atoms with Crippen molar-refractivity contribution in [3.05, 3.63) is 39.8 Å². The van der Waals surface area contributed by atoms with Crippen molar-refractivity contribution in [1.29, 1.82) is 0 Å². The fourth-order valence-electron chi connectivity index (χ4n) is 5.02. The highest BCUT2D eigenvalue weighted by atomic mass is 35.5. The number of anilines is 4. The molecule has 0 bridgehead atoms. The van der Waals surface area contributed by atoms with Crippen molar-refractivity contribution in [2.75, 3.05) is 41.0 Å². The zero-order chi connectivity index (χ0) is 25.9. The average Bonchev–Trinajstić information content (AvgIpc) is 3.71. The van der Waals surface area contributed by atoms with Gasteiger partial charge in [-0.3, -0.25) is 4.79 Å². The lowest BCUT2D eigenvalue weighted by Gasteiger charge is -2.30. The van der Waals surface area contributed by atoms with Crippen molar-refractivity contribution in [3.8, 4) is 5.75 Å². The number of nitrogens with zero attached hydrogens (tertiary/aromatic N) is 4. The van der Waals surface area contributed by atoms with Crippen LogP contribution in [0.1, 0.15) is 19.8 Å². The van der Waals surface area contributed by atoms with Gasteiger partial charge in [0.1, 0.15) is 5.02 Å². The van der Waals surface area contributed by atoms with Crippen molar-refractivity contribution in [3.63, 3.8) is 0 Å². The van der Waals surface area contributed by atoms with Crippen molar-refractivity contribution in [2.24, 2.45) is 13.0 Å². The smallest absolute Gasteiger partial charge is 0.301 e. The van der Waals surface area contributed by atoms with E-state index in [1.807, 2.05) is 11.8 Å². The van der Waals surface area contributed by atoms with E-state index in [1.165, 1.54) is 4.57 Å². The van der Waals surface area contributed by atoms with E-state index in [-0.39, 0.29) is 11.7 Å². The van der Waals surface area contributed by atoms with E-state index in [2.05, 4.69) is 32.4 Å². The first-order valence-electron chi connectivity index (χ1n) is 12.3. The van der Waals surface area contributed by atoms with Crippen molar-refractivity contribution >= 4 is 57.4 Å². The summed E-state index contributed by atoms with van der Waals surface area (Å²) in [7, 11) is 1.61. The number of hydrogen-bond donors (Lipinski definition) is 2.